The van der Waals surface area contributed by atoms with E-state index in [1.54, 1.807) is 6.92 Å². The molecule has 0 saturated carbocycles. The maximum Gasteiger partial charge on any atom is 0.262 e. The summed E-state index contributed by atoms with van der Waals surface area (Å²) in [7, 11) is 0. The molecule has 0 rings (SSSR count). The van der Waals surface area contributed by atoms with Gasteiger partial charge in [-0.15, -0.1) is 0 Å². The molecule has 4 heteroatoms. The van der Waals surface area contributed by atoms with Crippen LogP contribution >= 0.6 is 0 Å². The Balaban J connectivity index is 3.99. The molecular weight excluding hydrogens is 156 g/mol. The normalized spacial score (nSPS) is 14.1. The lowest BCUT2D eigenvalue weighted by atomic mass is 10.1. The fraction of sp³-hybridized carbons (Fsp3) is 0.875. The van der Waals surface area contributed by atoms with Gasteiger partial charge in [-0.2, -0.15) is 0 Å². The smallest absolute Gasteiger partial charge is 0.262 e. The van der Waals surface area contributed by atoms with Crippen molar-refractivity contribution >= 4 is 5.91 Å². The molecule has 4 nitrogen and oxygen atoms in total. The van der Waals surface area contributed by atoms with E-state index in [1.165, 1.54) is 0 Å². The monoisotopic (exact) mass is 174 g/mol. The van der Waals surface area contributed by atoms with Gasteiger partial charge in [-0.3, -0.25) is 10.2 Å². The first-order chi connectivity index (χ1) is 5.43. The molecule has 0 aromatic rings. The summed E-state index contributed by atoms with van der Waals surface area (Å²) in [6.07, 6.45) is 0.361. The van der Waals surface area contributed by atoms with Gasteiger partial charge >= 0.3 is 0 Å². The first kappa shape index (κ1) is 11.4. The van der Waals surface area contributed by atoms with Gasteiger partial charge in [0.2, 0.25) is 0 Å². The lowest BCUT2D eigenvalue weighted by molar-refractivity contribution is -0.142. The van der Waals surface area contributed by atoms with E-state index in [2.05, 4.69) is 0 Å². The van der Waals surface area contributed by atoms with Gasteiger partial charge in [-0.05, 0) is 27.2 Å². The molecule has 0 aromatic heterocycles. The van der Waals surface area contributed by atoms with Gasteiger partial charge in [0.05, 0.1) is 5.60 Å². The summed E-state index contributed by atoms with van der Waals surface area (Å²) in [5.41, 5.74) is 1.78. The summed E-state index contributed by atoms with van der Waals surface area (Å²) < 4.78 is 5.45. The Bertz CT molecular complexity index is 157. The largest absolute Gasteiger partial charge is 0.363 e. The van der Waals surface area contributed by atoms with Crippen LogP contribution in [0.25, 0.3) is 0 Å². The Morgan fingerprint density at radius 1 is 1.67 bits per heavy atom. The SMILES string of the molecule is CCC(C)(C)OC(C)C(=O)NN. The van der Waals surface area contributed by atoms with Crippen LogP contribution in [-0.2, 0) is 9.53 Å². The van der Waals surface area contributed by atoms with Crippen LogP contribution in [0, 0.1) is 0 Å². The molecule has 0 aromatic carbocycles. The second kappa shape index (κ2) is 4.42. The molecule has 0 bridgehead atoms. The van der Waals surface area contributed by atoms with Crippen molar-refractivity contribution in [2.45, 2.75) is 45.8 Å². The first-order valence-corrected chi connectivity index (χ1v) is 4.11. The van der Waals surface area contributed by atoms with Crippen LogP contribution in [0.3, 0.4) is 0 Å². The number of hydrazine groups is 1. The van der Waals surface area contributed by atoms with Gasteiger partial charge in [0.25, 0.3) is 5.91 Å². The summed E-state index contributed by atoms with van der Waals surface area (Å²) >= 11 is 0. The van der Waals surface area contributed by atoms with E-state index in [0.717, 1.165) is 6.42 Å². The zero-order valence-corrected chi connectivity index (χ0v) is 8.18. The van der Waals surface area contributed by atoms with Crippen LogP contribution in [0.4, 0.5) is 0 Å². The van der Waals surface area contributed by atoms with E-state index in [-0.39, 0.29) is 11.5 Å². The van der Waals surface area contributed by atoms with E-state index < -0.39 is 6.10 Å². The Morgan fingerprint density at radius 3 is 2.50 bits per heavy atom. The van der Waals surface area contributed by atoms with Crippen molar-refractivity contribution < 1.29 is 9.53 Å². The van der Waals surface area contributed by atoms with Crippen molar-refractivity contribution in [2.24, 2.45) is 5.84 Å². The highest BCUT2D eigenvalue weighted by atomic mass is 16.5. The predicted octanol–water partition coefficient (Wildman–Crippen LogP) is 0.570. The standard InChI is InChI=1S/C8H18N2O2/c1-5-8(3,4)12-6(2)7(11)10-9/h6H,5,9H2,1-4H3,(H,10,11). The molecule has 12 heavy (non-hydrogen) atoms. The summed E-state index contributed by atoms with van der Waals surface area (Å²) in [5, 5.41) is 0. The van der Waals surface area contributed by atoms with Gasteiger partial charge in [0, 0.05) is 0 Å². The molecular formula is C8H18N2O2. The van der Waals surface area contributed by atoms with E-state index in [4.69, 9.17) is 10.6 Å². The number of amides is 1. The van der Waals surface area contributed by atoms with Crippen molar-refractivity contribution in [3.63, 3.8) is 0 Å². The zero-order chi connectivity index (χ0) is 9.78. The second-order valence-corrected chi connectivity index (χ2v) is 3.38. The number of hydrogen-bond donors (Lipinski definition) is 2. The minimum Gasteiger partial charge on any atom is -0.363 e. The average molecular weight is 174 g/mol. The van der Waals surface area contributed by atoms with Crippen molar-refractivity contribution in [1.82, 2.24) is 5.43 Å². The van der Waals surface area contributed by atoms with E-state index in [0.29, 0.717) is 0 Å². The van der Waals surface area contributed by atoms with Gasteiger partial charge in [0.15, 0.2) is 0 Å². The summed E-state index contributed by atoms with van der Waals surface area (Å²) in [6, 6.07) is 0. The molecule has 0 saturated heterocycles. The minimum absolute atomic E-state index is 0.272. The van der Waals surface area contributed by atoms with E-state index in [9.17, 15) is 4.79 Å². The number of rotatable bonds is 4. The number of carbonyl (C=O) groups excluding carboxylic acids is 1. The Kier molecular flexibility index (Phi) is 4.20. The Hall–Kier alpha value is -0.610. The van der Waals surface area contributed by atoms with Gasteiger partial charge in [-0.25, -0.2) is 5.84 Å². The first-order valence-electron chi connectivity index (χ1n) is 4.11. The topological polar surface area (TPSA) is 64.3 Å². The molecule has 0 aliphatic heterocycles. The van der Waals surface area contributed by atoms with Gasteiger partial charge in [0.1, 0.15) is 6.10 Å². The van der Waals surface area contributed by atoms with Crippen molar-refractivity contribution in [2.75, 3.05) is 0 Å². The van der Waals surface area contributed by atoms with Gasteiger partial charge in [-0.1, -0.05) is 6.92 Å². The molecule has 3 N–H and O–H groups in total. The Labute approximate surface area is 73.4 Å². The van der Waals surface area contributed by atoms with Crippen LogP contribution < -0.4 is 11.3 Å². The quantitative estimate of drug-likeness (QED) is 0.372. The number of ether oxygens (including phenoxy) is 1. The number of nitrogens with one attached hydrogen (secondary N) is 1. The van der Waals surface area contributed by atoms with Crippen LogP contribution in [-0.4, -0.2) is 17.6 Å². The van der Waals surface area contributed by atoms with Crippen molar-refractivity contribution in [3.8, 4) is 0 Å². The minimum atomic E-state index is -0.495. The third-order valence-corrected chi connectivity index (χ3v) is 1.86. The predicted molar refractivity (Wildman–Crippen MR) is 47.2 cm³/mol. The highest BCUT2D eigenvalue weighted by Gasteiger charge is 2.22. The van der Waals surface area contributed by atoms with Gasteiger partial charge < -0.3 is 4.74 Å². The molecule has 1 atom stereocenters. The molecule has 1 unspecified atom stereocenters. The maximum atomic E-state index is 10.9. The van der Waals surface area contributed by atoms with E-state index >= 15 is 0 Å². The third kappa shape index (κ3) is 3.69. The maximum absolute atomic E-state index is 10.9. The summed E-state index contributed by atoms with van der Waals surface area (Å²) in [4.78, 5) is 10.9. The number of carbonyl (C=O) groups is 1. The third-order valence-electron chi connectivity index (χ3n) is 1.86. The van der Waals surface area contributed by atoms with E-state index in [1.807, 2.05) is 26.2 Å². The van der Waals surface area contributed by atoms with Crippen LogP contribution in [0.2, 0.25) is 0 Å². The summed E-state index contributed by atoms with van der Waals surface area (Å²) in [5.74, 6) is 4.66. The highest BCUT2D eigenvalue weighted by molar-refractivity contribution is 5.79. The fourth-order valence-corrected chi connectivity index (χ4v) is 0.733. The lowest BCUT2D eigenvalue weighted by Crippen LogP contribution is -2.42. The summed E-state index contributed by atoms with van der Waals surface area (Å²) in [6.45, 7) is 7.56. The molecule has 0 fully saturated rings. The van der Waals surface area contributed by atoms with Crippen LogP contribution in [0.1, 0.15) is 34.1 Å². The molecule has 0 aliphatic carbocycles. The second-order valence-electron chi connectivity index (χ2n) is 3.38. The molecule has 0 aliphatic rings. The highest BCUT2D eigenvalue weighted by Crippen LogP contribution is 2.15. The zero-order valence-electron chi connectivity index (χ0n) is 8.18. The van der Waals surface area contributed by atoms with Crippen molar-refractivity contribution in [3.05, 3.63) is 0 Å². The number of nitrogens with two attached hydrogens (primary N) is 1. The average Bonchev–Trinajstić information content (AvgIpc) is 2.02. The molecule has 0 radical (unpaired) electrons. The van der Waals surface area contributed by atoms with Crippen LogP contribution in [0.15, 0.2) is 0 Å². The Morgan fingerprint density at radius 2 is 2.17 bits per heavy atom. The van der Waals surface area contributed by atoms with Crippen molar-refractivity contribution in [1.29, 1.82) is 0 Å². The molecule has 0 heterocycles. The lowest BCUT2D eigenvalue weighted by Gasteiger charge is -2.26. The number of hydrogen-bond acceptors (Lipinski definition) is 3. The molecule has 72 valence electrons. The van der Waals surface area contributed by atoms with Crippen LogP contribution in [0.5, 0.6) is 0 Å². The fourth-order valence-electron chi connectivity index (χ4n) is 0.733. The molecule has 0 spiro atoms. The molecule has 1 amide bonds.